The second-order valence-corrected chi connectivity index (χ2v) is 4.77. The van der Waals surface area contributed by atoms with E-state index in [0.717, 1.165) is 13.0 Å². The molecule has 0 aromatic heterocycles. The summed E-state index contributed by atoms with van der Waals surface area (Å²) in [6, 6.07) is 0. The van der Waals surface area contributed by atoms with Gasteiger partial charge in [0.05, 0.1) is 12.4 Å². The number of hydrogen-bond acceptors (Lipinski definition) is 1. The Balaban J connectivity index is 0. The molecule has 0 rings (SSSR count). The van der Waals surface area contributed by atoms with Crippen molar-refractivity contribution in [2.24, 2.45) is 0 Å². The number of ether oxygens (including phenoxy) is 1. The van der Waals surface area contributed by atoms with Gasteiger partial charge in [0.25, 0.3) is 0 Å². The van der Waals surface area contributed by atoms with E-state index >= 15 is 0 Å². The normalized spacial score (nSPS) is 9.78. The molecule has 0 atom stereocenters. The molecule has 0 heterocycles. The van der Waals surface area contributed by atoms with E-state index in [1.54, 1.807) is 5.57 Å². The van der Waals surface area contributed by atoms with Crippen LogP contribution in [0.25, 0.3) is 0 Å². The van der Waals surface area contributed by atoms with Crippen molar-refractivity contribution in [2.45, 2.75) is 85.5 Å². The maximum absolute atomic E-state index is 5.88. The van der Waals surface area contributed by atoms with Crippen LogP contribution in [0.3, 0.4) is 0 Å². The first-order valence-electron chi connectivity index (χ1n) is 7.63. The number of rotatable bonds is 11. The predicted molar refractivity (Wildman–Crippen MR) is 83.0 cm³/mol. The summed E-state index contributed by atoms with van der Waals surface area (Å²) < 4.78 is 5.88. The fourth-order valence-electron chi connectivity index (χ4n) is 2.05. The minimum atomic E-state index is 0. The van der Waals surface area contributed by atoms with E-state index in [2.05, 4.69) is 27.7 Å². The fraction of sp³-hybridized carbons (Fsp3) is 0.875. The van der Waals surface area contributed by atoms with Crippen molar-refractivity contribution in [1.29, 1.82) is 0 Å². The third-order valence-corrected chi connectivity index (χ3v) is 3.13. The van der Waals surface area contributed by atoms with Crippen molar-refractivity contribution in [1.82, 2.24) is 0 Å². The quantitative estimate of drug-likeness (QED) is 0.351. The van der Waals surface area contributed by atoms with Gasteiger partial charge in [-0.05, 0) is 44.6 Å². The summed E-state index contributed by atoms with van der Waals surface area (Å²) in [7, 11) is 0. The van der Waals surface area contributed by atoms with Crippen LogP contribution in [-0.2, 0) is 4.74 Å². The van der Waals surface area contributed by atoms with E-state index < -0.39 is 0 Å². The zero-order valence-corrected chi connectivity index (χ0v) is 15.8. The van der Waals surface area contributed by atoms with Gasteiger partial charge in [-0.1, -0.05) is 40.0 Å². The van der Waals surface area contributed by atoms with E-state index in [9.17, 15) is 0 Å². The summed E-state index contributed by atoms with van der Waals surface area (Å²) in [5.41, 5.74) is 1.60. The minimum Gasteiger partial charge on any atom is -0.498 e. The Labute approximate surface area is 132 Å². The van der Waals surface area contributed by atoms with Crippen molar-refractivity contribution in [2.75, 3.05) is 6.61 Å². The molecule has 0 aromatic rings. The van der Waals surface area contributed by atoms with Gasteiger partial charge in [-0.2, -0.15) is 0 Å². The Bertz CT molecular complexity index is 189. The van der Waals surface area contributed by atoms with E-state index in [0.29, 0.717) is 0 Å². The molecule has 0 aromatic carbocycles. The SMILES string of the molecule is CCCCC(CCCC)=C(CCCC)OCC.[Sn]. The second kappa shape index (κ2) is 15.4. The summed E-state index contributed by atoms with van der Waals surface area (Å²) in [6.45, 7) is 9.71. The van der Waals surface area contributed by atoms with Crippen molar-refractivity contribution in [3.05, 3.63) is 11.3 Å². The summed E-state index contributed by atoms with van der Waals surface area (Å²) in [5.74, 6) is 1.32. The van der Waals surface area contributed by atoms with Crippen LogP contribution in [0, 0.1) is 0 Å². The standard InChI is InChI=1S/C16H32O.Sn/c1-5-9-12-15(13-10-6-2)16(17-8-4)14-11-7-3;/h5-14H2,1-4H3;. The monoisotopic (exact) mass is 360 g/mol. The second-order valence-electron chi connectivity index (χ2n) is 4.77. The molecule has 0 saturated carbocycles. The van der Waals surface area contributed by atoms with Crippen molar-refractivity contribution in [3.8, 4) is 0 Å². The maximum Gasteiger partial charge on any atom is 0.0951 e. The van der Waals surface area contributed by atoms with Crippen molar-refractivity contribution >= 4 is 23.9 Å². The molecule has 106 valence electrons. The van der Waals surface area contributed by atoms with Crippen LogP contribution in [0.1, 0.15) is 85.5 Å². The summed E-state index contributed by atoms with van der Waals surface area (Å²) >= 11 is 0. The predicted octanol–water partition coefficient (Wildman–Crippen LogP) is 5.47. The Morgan fingerprint density at radius 3 is 1.56 bits per heavy atom. The first kappa shape index (κ1) is 20.7. The van der Waals surface area contributed by atoms with Crippen LogP contribution in [-0.4, -0.2) is 30.5 Å². The molecule has 1 nitrogen and oxygen atoms in total. The third kappa shape index (κ3) is 10.3. The number of allylic oxidation sites excluding steroid dienone is 2. The van der Waals surface area contributed by atoms with Gasteiger partial charge < -0.3 is 4.74 Å². The summed E-state index contributed by atoms with van der Waals surface area (Å²) in [4.78, 5) is 0. The smallest absolute Gasteiger partial charge is 0.0951 e. The molecule has 0 bridgehead atoms. The van der Waals surface area contributed by atoms with Gasteiger partial charge in [-0.15, -0.1) is 0 Å². The van der Waals surface area contributed by atoms with Crippen LogP contribution in [0.4, 0.5) is 0 Å². The van der Waals surface area contributed by atoms with Gasteiger partial charge in [0.15, 0.2) is 0 Å². The molecule has 0 unspecified atom stereocenters. The van der Waals surface area contributed by atoms with Crippen molar-refractivity contribution in [3.63, 3.8) is 0 Å². The Kier molecular flexibility index (Phi) is 17.7. The summed E-state index contributed by atoms with van der Waals surface area (Å²) in [6.07, 6.45) is 11.3. The topological polar surface area (TPSA) is 9.23 Å². The molecular formula is C16H32OSn. The van der Waals surface area contributed by atoms with Crippen LogP contribution in [0.15, 0.2) is 11.3 Å². The molecule has 0 saturated heterocycles. The molecule has 0 aliphatic rings. The van der Waals surface area contributed by atoms with Gasteiger partial charge in [0.1, 0.15) is 0 Å². The van der Waals surface area contributed by atoms with Gasteiger partial charge in [-0.25, -0.2) is 0 Å². The number of unbranched alkanes of at least 4 members (excludes halogenated alkanes) is 3. The fourth-order valence-corrected chi connectivity index (χ4v) is 2.05. The van der Waals surface area contributed by atoms with Gasteiger partial charge in [0, 0.05) is 30.3 Å². The molecule has 0 N–H and O–H groups in total. The van der Waals surface area contributed by atoms with Gasteiger partial charge in [0.2, 0.25) is 0 Å². The Hall–Kier alpha value is 0.339. The molecular weight excluding hydrogens is 327 g/mol. The third-order valence-electron chi connectivity index (χ3n) is 3.13. The van der Waals surface area contributed by atoms with Crippen LogP contribution in [0.5, 0.6) is 0 Å². The van der Waals surface area contributed by atoms with E-state index in [1.165, 1.54) is 57.1 Å². The average molecular weight is 359 g/mol. The maximum atomic E-state index is 5.88. The molecule has 2 heteroatoms. The Morgan fingerprint density at radius 2 is 1.17 bits per heavy atom. The minimum absolute atomic E-state index is 0. The van der Waals surface area contributed by atoms with Gasteiger partial charge >= 0.3 is 0 Å². The number of hydrogen-bond donors (Lipinski definition) is 0. The molecule has 0 spiro atoms. The Morgan fingerprint density at radius 1 is 0.722 bits per heavy atom. The van der Waals surface area contributed by atoms with Crippen LogP contribution < -0.4 is 0 Å². The van der Waals surface area contributed by atoms with Crippen LogP contribution >= 0.6 is 0 Å². The van der Waals surface area contributed by atoms with E-state index in [4.69, 9.17) is 4.74 Å². The summed E-state index contributed by atoms with van der Waals surface area (Å²) in [5, 5.41) is 0. The van der Waals surface area contributed by atoms with E-state index in [1.807, 2.05) is 0 Å². The molecule has 4 radical (unpaired) electrons. The first-order chi connectivity index (χ1) is 8.29. The largest absolute Gasteiger partial charge is 0.498 e. The molecule has 0 fully saturated rings. The molecule has 0 aliphatic carbocycles. The first-order valence-corrected chi connectivity index (χ1v) is 7.63. The van der Waals surface area contributed by atoms with Crippen molar-refractivity contribution < 1.29 is 4.74 Å². The van der Waals surface area contributed by atoms with Gasteiger partial charge in [-0.3, -0.25) is 0 Å². The zero-order chi connectivity index (χ0) is 12.9. The molecule has 0 aliphatic heterocycles. The van der Waals surface area contributed by atoms with E-state index in [-0.39, 0.29) is 23.9 Å². The zero-order valence-electron chi connectivity index (χ0n) is 13.0. The van der Waals surface area contributed by atoms with Crippen LogP contribution in [0.2, 0.25) is 0 Å². The molecule has 18 heavy (non-hydrogen) atoms. The average Bonchev–Trinajstić information content (AvgIpc) is 2.35. The molecule has 0 amide bonds.